The van der Waals surface area contributed by atoms with Gasteiger partial charge in [-0.05, 0) is 48.1 Å². The number of hydrogen-bond acceptors (Lipinski definition) is 5. The summed E-state index contributed by atoms with van der Waals surface area (Å²) in [6.07, 6.45) is 1.71. The zero-order valence-corrected chi connectivity index (χ0v) is 15.3. The van der Waals surface area contributed by atoms with Crippen LogP contribution < -0.4 is 4.74 Å². The molecule has 2 aromatic carbocycles. The van der Waals surface area contributed by atoms with Crippen LogP contribution in [0.4, 0.5) is 0 Å². The molecule has 7 nitrogen and oxygen atoms in total. The number of rotatable bonds is 5. The molecule has 0 atom stereocenters. The predicted octanol–water partition coefficient (Wildman–Crippen LogP) is 3.89. The number of nitrogens with zero attached hydrogens (tertiary/aromatic N) is 4. The van der Waals surface area contributed by atoms with Crippen LogP contribution in [-0.4, -0.2) is 38.4 Å². The van der Waals surface area contributed by atoms with Crippen LogP contribution in [0, 0.1) is 4.77 Å². The molecule has 0 aliphatic rings. The minimum absolute atomic E-state index is 0.394. The smallest absolute Gasteiger partial charge is 0.216 e. The summed E-state index contributed by atoms with van der Waals surface area (Å²) in [5, 5.41) is 18.9. The van der Waals surface area contributed by atoms with Gasteiger partial charge in [0.1, 0.15) is 11.4 Å². The Hall–Kier alpha value is -3.52. The van der Waals surface area contributed by atoms with Crippen molar-refractivity contribution in [2.45, 2.75) is 0 Å². The van der Waals surface area contributed by atoms with Gasteiger partial charge in [-0.15, -0.1) is 0 Å². The normalized spacial score (nSPS) is 11.1. The van der Waals surface area contributed by atoms with E-state index in [1.54, 1.807) is 18.0 Å². The van der Waals surface area contributed by atoms with Crippen molar-refractivity contribution in [3.05, 3.63) is 71.0 Å². The largest absolute Gasteiger partial charge is 0.497 e. The Morgan fingerprint density at radius 3 is 2.56 bits per heavy atom. The van der Waals surface area contributed by atoms with Gasteiger partial charge in [-0.2, -0.15) is 20.0 Å². The summed E-state index contributed by atoms with van der Waals surface area (Å²) < 4.78 is 7.11. The average Bonchev–Trinajstić information content (AvgIpc) is 3.34. The molecule has 0 aliphatic carbocycles. The molecule has 4 rings (SSSR count). The third-order valence-corrected chi connectivity index (χ3v) is 4.24. The minimum Gasteiger partial charge on any atom is -0.497 e. The highest BCUT2D eigenvalue weighted by Crippen LogP contribution is 2.22. The quantitative estimate of drug-likeness (QED) is 0.409. The molecule has 2 N–H and O–H groups in total. The first-order chi connectivity index (χ1) is 13.2. The first kappa shape index (κ1) is 16.9. The SMILES string of the molecule is COc1ccc(/C=N/n2c(-c3cc(-c4ccccc4)n[nH]3)n[nH]c2=S)cc1. The average molecular weight is 376 g/mol. The first-order valence-electron chi connectivity index (χ1n) is 8.21. The molecule has 4 aromatic rings. The Kier molecular flexibility index (Phi) is 4.63. The van der Waals surface area contributed by atoms with Crippen molar-refractivity contribution in [3.8, 4) is 28.5 Å². The molecule has 134 valence electrons. The molecule has 2 aromatic heterocycles. The van der Waals surface area contributed by atoms with Crippen LogP contribution >= 0.6 is 12.2 Å². The van der Waals surface area contributed by atoms with E-state index >= 15 is 0 Å². The summed E-state index contributed by atoms with van der Waals surface area (Å²) in [5.41, 5.74) is 3.47. The van der Waals surface area contributed by atoms with E-state index < -0.39 is 0 Å². The standard InChI is InChI=1S/C19H16N6OS/c1-26-15-9-7-13(8-10-15)12-20-25-18(23-24-19(25)27)17-11-16(21-22-17)14-5-3-2-4-6-14/h2-12H,1H3,(H,21,22)(H,24,27)/b20-12+. The topological polar surface area (TPSA) is 83.9 Å². The van der Waals surface area contributed by atoms with Crippen LogP contribution in [0.25, 0.3) is 22.8 Å². The Morgan fingerprint density at radius 2 is 1.81 bits per heavy atom. The highest BCUT2D eigenvalue weighted by Gasteiger charge is 2.12. The van der Waals surface area contributed by atoms with Gasteiger partial charge in [-0.1, -0.05) is 30.3 Å². The van der Waals surface area contributed by atoms with Crippen molar-refractivity contribution in [2.24, 2.45) is 5.10 Å². The Labute approximate surface area is 160 Å². The second-order valence-electron chi connectivity index (χ2n) is 5.71. The van der Waals surface area contributed by atoms with Crippen molar-refractivity contribution in [2.75, 3.05) is 7.11 Å². The van der Waals surface area contributed by atoms with E-state index in [1.807, 2.05) is 60.7 Å². The van der Waals surface area contributed by atoms with Gasteiger partial charge >= 0.3 is 0 Å². The highest BCUT2D eigenvalue weighted by molar-refractivity contribution is 7.71. The van der Waals surface area contributed by atoms with Gasteiger partial charge < -0.3 is 4.74 Å². The number of nitrogens with one attached hydrogen (secondary N) is 2. The summed E-state index contributed by atoms with van der Waals surface area (Å²) in [6.45, 7) is 0. The lowest BCUT2D eigenvalue weighted by Crippen LogP contribution is -1.95. The van der Waals surface area contributed by atoms with Crippen molar-refractivity contribution < 1.29 is 4.74 Å². The molecule has 0 bridgehead atoms. The van der Waals surface area contributed by atoms with Crippen molar-refractivity contribution in [1.29, 1.82) is 0 Å². The molecule has 0 unspecified atom stereocenters. The lowest BCUT2D eigenvalue weighted by molar-refractivity contribution is 0.415. The molecule has 0 spiro atoms. The maximum absolute atomic E-state index is 5.30. The molecule has 2 heterocycles. The molecule has 27 heavy (non-hydrogen) atoms. The highest BCUT2D eigenvalue weighted by atomic mass is 32.1. The van der Waals surface area contributed by atoms with Crippen LogP contribution in [0.15, 0.2) is 65.8 Å². The predicted molar refractivity (Wildman–Crippen MR) is 106 cm³/mol. The fraction of sp³-hybridized carbons (Fsp3) is 0.0526. The van der Waals surface area contributed by atoms with E-state index in [0.29, 0.717) is 16.3 Å². The van der Waals surface area contributed by atoms with E-state index in [-0.39, 0.29) is 0 Å². The van der Waals surface area contributed by atoms with Crippen molar-refractivity contribution in [3.63, 3.8) is 0 Å². The van der Waals surface area contributed by atoms with Crippen LogP contribution in [-0.2, 0) is 0 Å². The first-order valence-corrected chi connectivity index (χ1v) is 8.62. The van der Waals surface area contributed by atoms with E-state index in [0.717, 1.165) is 22.6 Å². The van der Waals surface area contributed by atoms with Gasteiger partial charge in [0.2, 0.25) is 10.6 Å². The second kappa shape index (κ2) is 7.38. The fourth-order valence-electron chi connectivity index (χ4n) is 2.58. The number of aromatic amines is 2. The summed E-state index contributed by atoms with van der Waals surface area (Å²) in [7, 11) is 1.63. The van der Waals surface area contributed by atoms with E-state index in [2.05, 4.69) is 25.5 Å². The third kappa shape index (κ3) is 3.56. The number of aromatic nitrogens is 5. The van der Waals surface area contributed by atoms with Gasteiger partial charge in [-0.3, -0.25) is 5.10 Å². The van der Waals surface area contributed by atoms with Crippen LogP contribution in [0.1, 0.15) is 5.56 Å². The number of H-pyrrole nitrogens is 2. The Bertz CT molecular complexity index is 1120. The van der Waals surface area contributed by atoms with Crippen LogP contribution in [0.2, 0.25) is 0 Å². The third-order valence-electron chi connectivity index (χ3n) is 3.98. The number of hydrogen-bond donors (Lipinski definition) is 2. The maximum Gasteiger partial charge on any atom is 0.216 e. The lowest BCUT2D eigenvalue weighted by atomic mass is 10.1. The van der Waals surface area contributed by atoms with Gasteiger partial charge in [0.15, 0.2) is 0 Å². The molecule has 0 saturated carbocycles. The molecule has 0 fully saturated rings. The Morgan fingerprint density at radius 1 is 1.04 bits per heavy atom. The fourth-order valence-corrected chi connectivity index (χ4v) is 2.76. The maximum atomic E-state index is 5.30. The number of ether oxygens (including phenoxy) is 1. The van der Waals surface area contributed by atoms with Gasteiger partial charge in [0, 0.05) is 5.56 Å². The molecule has 0 radical (unpaired) electrons. The number of benzene rings is 2. The van der Waals surface area contributed by atoms with Crippen LogP contribution in [0.5, 0.6) is 5.75 Å². The molecule has 0 aliphatic heterocycles. The summed E-state index contributed by atoms with van der Waals surface area (Å²) in [5.74, 6) is 1.35. The molecule has 0 amide bonds. The van der Waals surface area contributed by atoms with Crippen LogP contribution in [0.3, 0.4) is 0 Å². The summed E-state index contributed by atoms with van der Waals surface area (Å²) in [4.78, 5) is 0. The second-order valence-corrected chi connectivity index (χ2v) is 6.10. The van der Waals surface area contributed by atoms with Gasteiger partial charge in [0.25, 0.3) is 0 Å². The minimum atomic E-state index is 0.394. The lowest BCUT2D eigenvalue weighted by Gasteiger charge is -2.00. The summed E-state index contributed by atoms with van der Waals surface area (Å²) in [6, 6.07) is 19.4. The zero-order chi connectivity index (χ0) is 18.6. The molecule has 8 heteroatoms. The Balaban J connectivity index is 1.65. The number of methoxy groups -OCH3 is 1. The molecular weight excluding hydrogens is 360 g/mol. The molecule has 0 saturated heterocycles. The van der Waals surface area contributed by atoms with E-state index in [4.69, 9.17) is 17.0 Å². The monoisotopic (exact) mass is 376 g/mol. The van der Waals surface area contributed by atoms with E-state index in [9.17, 15) is 0 Å². The zero-order valence-electron chi connectivity index (χ0n) is 14.5. The molecular formula is C19H16N6OS. The van der Waals surface area contributed by atoms with E-state index in [1.165, 1.54) is 0 Å². The van der Waals surface area contributed by atoms with Gasteiger partial charge in [-0.25, -0.2) is 5.10 Å². The van der Waals surface area contributed by atoms with Crippen molar-refractivity contribution in [1.82, 2.24) is 25.1 Å². The van der Waals surface area contributed by atoms with Gasteiger partial charge in [0.05, 0.1) is 19.0 Å². The van der Waals surface area contributed by atoms with Crippen molar-refractivity contribution >= 4 is 18.4 Å². The summed E-state index contributed by atoms with van der Waals surface area (Å²) >= 11 is 5.30.